The molecule has 0 aliphatic carbocycles. The van der Waals surface area contributed by atoms with Crippen LogP contribution in [0.1, 0.15) is 17.2 Å². The van der Waals surface area contributed by atoms with Gasteiger partial charge in [-0.15, -0.1) is 0 Å². The minimum atomic E-state index is -0.398. The number of rotatable bonds is 5. The van der Waals surface area contributed by atoms with Crippen molar-refractivity contribution in [3.63, 3.8) is 0 Å². The lowest BCUT2D eigenvalue weighted by molar-refractivity contribution is -0.929. The van der Waals surface area contributed by atoms with Gasteiger partial charge < -0.3 is 9.80 Å². The average Bonchev–Trinajstić information content (AvgIpc) is 2.78. The highest BCUT2D eigenvalue weighted by atomic mass is 16.2. The Bertz CT molecular complexity index is 1060. The molecule has 1 aliphatic rings. The van der Waals surface area contributed by atoms with E-state index in [1.807, 2.05) is 12.1 Å². The first-order valence-corrected chi connectivity index (χ1v) is 10.1. The van der Waals surface area contributed by atoms with Crippen molar-refractivity contribution in [1.82, 2.24) is 14.7 Å². The first-order valence-electron chi connectivity index (χ1n) is 10.1. The largest absolute Gasteiger partial charge is 0.330 e. The standard InChI is InChI=1S/C23H24N4O3/c28-20-11-12-21(29)27(24-20)17-22(30)25-13-15-26(16-14-25)23(18-7-3-1-4-8-18)19-9-5-2-6-10-19/h1-12,23H,13-17H2,(H,24,28)/p+1. The zero-order valence-electron chi connectivity index (χ0n) is 16.7. The van der Waals surface area contributed by atoms with E-state index in [0.717, 1.165) is 17.8 Å². The summed E-state index contributed by atoms with van der Waals surface area (Å²) in [7, 11) is 0. The van der Waals surface area contributed by atoms with Gasteiger partial charge in [-0.3, -0.25) is 19.5 Å². The number of benzene rings is 2. The Balaban J connectivity index is 1.47. The van der Waals surface area contributed by atoms with Crippen molar-refractivity contribution >= 4 is 5.91 Å². The van der Waals surface area contributed by atoms with Crippen LogP contribution in [0.4, 0.5) is 0 Å². The summed E-state index contributed by atoms with van der Waals surface area (Å²) >= 11 is 0. The fourth-order valence-corrected chi connectivity index (χ4v) is 4.10. The van der Waals surface area contributed by atoms with E-state index >= 15 is 0 Å². The lowest BCUT2D eigenvalue weighted by Gasteiger charge is -2.37. The van der Waals surface area contributed by atoms with E-state index < -0.39 is 5.56 Å². The molecule has 4 rings (SSSR count). The number of nitrogens with zero attached hydrogens (tertiary/aromatic N) is 2. The van der Waals surface area contributed by atoms with Gasteiger partial charge in [0, 0.05) is 23.3 Å². The molecule has 0 radical (unpaired) electrons. The number of amides is 1. The number of hydrogen-bond donors (Lipinski definition) is 2. The first-order chi connectivity index (χ1) is 14.6. The molecular formula is C23H25N4O3+. The van der Waals surface area contributed by atoms with Gasteiger partial charge in [0.2, 0.25) is 5.91 Å². The van der Waals surface area contributed by atoms with Crippen LogP contribution in [0.2, 0.25) is 0 Å². The van der Waals surface area contributed by atoms with Crippen molar-refractivity contribution in [2.75, 3.05) is 26.2 Å². The number of quaternary nitrogens is 1. The Morgan fingerprint density at radius 2 is 1.43 bits per heavy atom. The summed E-state index contributed by atoms with van der Waals surface area (Å²) in [5.41, 5.74) is 1.73. The summed E-state index contributed by atoms with van der Waals surface area (Å²) in [6.45, 7) is 2.68. The van der Waals surface area contributed by atoms with Crippen molar-refractivity contribution in [2.24, 2.45) is 0 Å². The molecule has 0 saturated carbocycles. The highest BCUT2D eigenvalue weighted by Gasteiger charge is 2.31. The van der Waals surface area contributed by atoms with Crippen LogP contribution < -0.4 is 16.0 Å². The quantitative estimate of drug-likeness (QED) is 0.630. The second-order valence-corrected chi connectivity index (χ2v) is 7.53. The summed E-state index contributed by atoms with van der Waals surface area (Å²) in [6, 6.07) is 23.4. The Labute approximate surface area is 174 Å². The summed E-state index contributed by atoms with van der Waals surface area (Å²) < 4.78 is 1.07. The molecule has 0 atom stereocenters. The highest BCUT2D eigenvalue weighted by molar-refractivity contribution is 5.75. The van der Waals surface area contributed by atoms with Gasteiger partial charge in [0.1, 0.15) is 12.6 Å². The predicted octanol–water partition coefficient (Wildman–Crippen LogP) is 0.0533. The van der Waals surface area contributed by atoms with E-state index in [4.69, 9.17) is 0 Å². The third kappa shape index (κ3) is 4.41. The molecule has 2 aromatic carbocycles. The van der Waals surface area contributed by atoms with Crippen molar-refractivity contribution in [3.8, 4) is 0 Å². The van der Waals surface area contributed by atoms with Gasteiger partial charge in [0.15, 0.2) is 0 Å². The van der Waals surface area contributed by atoms with Crippen molar-refractivity contribution in [2.45, 2.75) is 12.6 Å². The minimum absolute atomic E-state index is 0.148. The van der Waals surface area contributed by atoms with Crippen LogP contribution >= 0.6 is 0 Å². The van der Waals surface area contributed by atoms with Gasteiger partial charge in [-0.1, -0.05) is 60.7 Å². The Kier molecular flexibility index (Phi) is 5.90. The molecule has 7 heteroatoms. The number of nitrogens with one attached hydrogen (secondary N) is 2. The first kappa shape index (κ1) is 19.8. The summed E-state index contributed by atoms with van der Waals surface area (Å²) in [4.78, 5) is 39.2. The molecule has 1 saturated heterocycles. The molecule has 1 fully saturated rings. The second-order valence-electron chi connectivity index (χ2n) is 7.53. The van der Waals surface area contributed by atoms with E-state index in [1.165, 1.54) is 28.2 Å². The second kappa shape index (κ2) is 8.92. The van der Waals surface area contributed by atoms with Gasteiger partial charge in [0.25, 0.3) is 11.1 Å². The normalized spacial score (nSPS) is 14.8. The Morgan fingerprint density at radius 3 is 2.00 bits per heavy atom. The summed E-state index contributed by atoms with van der Waals surface area (Å²) in [6.07, 6.45) is 0. The Morgan fingerprint density at radius 1 is 0.867 bits per heavy atom. The van der Waals surface area contributed by atoms with E-state index in [2.05, 4.69) is 53.6 Å². The molecular weight excluding hydrogens is 380 g/mol. The van der Waals surface area contributed by atoms with Crippen LogP contribution in [0.25, 0.3) is 0 Å². The molecule has 1 aromatic heterocycles. The third-order valence-corrected chi connectivity index (χ3v) is 5.61. The van der Waals surface area contributed by atoms with Crippen LogP contribution in [0, 0.1) is 0 Å². The Hall–Kier alpha value is -3.45. The third-order valence-electron chi connectivity index (χ3n) is 5.61. The number of aromatic nitrogens is 2. The molecule has 3 aromatic rings. The lowest BCUT2D eigenvalue weighted by atomic mass is 9.96. The SMILES string of the molecule is O=C(Cn1[nH]c(=O)ccc1=O)N1CC[NH+](C(c2ccccc2)c2ccccc2)CC1. The van der Waals surface area contributed by atoms with Crippen molar-refractivity contribution in [3.05, 3.63) is 105 Å². The highest BCUT2D eigenvalue weighted by Crippen LogP contribution is 2.19. The molecule has 2 N–H and O–H groups in total. The molecule has 1 aliphatic heterocycles. The molecule has 2 heterocycles. The number of aromatic amines is 1. The van der Waals surface area contributed by atoms with Gasteiger partial charge in [-0.2, -0.15) is 0 Å². The zero-order valence-corrected chi connectivity index (χ0v) is 16.7. The average molecular weight is 405 g/mol. The number of H-pyrrole nitrogens is 1. The number of piperazine rings is 1. The number of hydrogen-bond acceptors (Lipinski definition) is 3. The zero-order chi connectivity index (χ0) is 20.9. The maximum absolute atomic E-state index is 12.7. The summed E-state index contributed by atoms with van der Waals surface area (Å²) in [5, 5.41) is 2.41. The smallest absolute Gasteiger partial charge is 0.265 e. The lowest BCUT2D eigenvalue weighted by Crippen LogP contribution is -3.15. The maximum atomic E-state index is 12.7. The van der Waals surface area contributed by atoms with Crippen molar-refractivity contribution in [1.29, 1.82) is 0 Å². The number of carbonyl (C=O) groups is 1. The van der Waals surface area contributed by atoms with E-state index in [1.54, 1.807) is 4.90 Å². The monoisotopic (exact) mass is 405 g/mol. The van der Waals surface area contributed by atoms with Gasteiger partial charge in [-0.05, 0) is 0 Å². The number of carbonyl (C=O) groups excluding carboxylic acids is 1. The van der Waals surface area contributed by atoms with Crippen LogP contribution in [-0.2, 0) is 11.3 Å². The fraction of sp³-hybridized carbons (Fsp3) is 0.261. The minimum Gasteiger partial charge on any atom is -0.330 e. The molecule has 30 heavy (non-hydrogen) atoms. The molecule has 1 amide bonds. The molecule has 0 unspecified atom stereocenters. The van der Waals surface area contributed by atoms with E-state index in [9.17, 15) is 14.4 Å². The fourth-order valence-electron chi connectivity index (χ4n) is 4.10. The summed E-state index contributed by atoms with van der Waals surface area (Å²) in [5.74, 6) is -0.158. The van der Waals surface area contributed by atoms with Crippen molar-refractivity contribution < 1.29 is 9.69 Å². The van der Waals surface area contributed by atoms with Gasteiger partial charge >= 0.3 is 0 Å². The van der Waals surface area contributed by atoms with E-state index in [-0.39, 0.29) is 24.1 Å². The maximum Gasteiger partial charge on any atom is 0.265 e. The van der Waals surface area contributed by atoms with Crippen LogP contribution in [-0.4, -0.2) is 46.8 Å². The molecule has 154 valence electrons. The molecule has 0 spiro atoms. The molecule has 0 bridgehead atoms. The topological polar surface area (TPSA) is 79.6 Å². The van der Waals surface area contributed by atoms with Gasteiger partial charge in [0.05, 0.1) is 26.2 Å². The van der Waals surface area contributed by atoms with E-state index in [0.29, 0.717) is 13.1 Å². The van der Waals surface area contributed by atoms with Gasteiger partial charge in [-0.25, -0.2) is 4.68 Å². The van der Waals surface area contributed by atoms with Crippen LogP contribution in [0.15, 0.2) is 82.4 Å². The molecule has 7 nitrogen and oxygen atoms in total. The van der Waals surface area contributed by atoms with Crippen LogP contribution in [0.5, 0.6) is 0 Å². The predicted molar refractivity (Wildman–Crippen MR) is 113 cm³/mol. The van der Waals surface area contributed by atoms with Crippen LogP contribution in [0.3, 0.4) is 0 Å².